The molecule has 0 bridgehead atoms. The van der Waals surface area contributed by atoms with Gasteiger partial charge < -0.3 is 5.11 Å². The van der Waals surface area contributed by atoms with E-state index >= 15 is 0 Å². The Morgan fingerprint density at radius 3 is 2.81 bits per heavy atom. The molecule has 0 radical (unpaired) electrons. The highest BCUT2D eigenvalue weighted by atomic mass is 32.1. The molecule has 0 aliphatic carbocycles. The van der Waals surface area contributed by atoms with Crippen LogP contribution in [0.5, 0.6) is 5.88 Å². The fourth-order valence-electron chi connectivity index (χ4n) is 3.09. The number of thiazole rings is 1. The fraction of sp³-hybridized carbons (Fsp3) is 0.278. The average molecular weight is 386 g/mol. The Morgan fingerprint density at radius 2 is 2.12 bits per heavy atom. The SMILES string of the molecule is CCN(CCc1ccncc1)C(c1cccs1)c1sc2ncnn2c1O. The van der Waals surface area contributed by atoms with Gasteiger partial charge in [-0.05, 0) is 42.1 Å². The Kier molecular flexibility index (Phi) is 4.96. The summed E-state index contributed by atoms with van der Waals surface area (Å²) in [6.45, 7) is 3.91. The standard InChI is InChI=1S/C18H19N5OS2/c1-2-22(10-7-13-5-8-19-9-6-13)15(14-4-3-11-25-14)16-17(24)23-18(26-16)20-12-21-23/h3-6,8-9,11-12,15,24H,2,7,10H2,1H3. The van der Waals surface area contributed by atoms with E-state index in [9.17, 15) is 5.11 Å². The van der Waals surface area contributed by atoms with Gasteiger partial charge in [0.05, 0.1) is 10.9 Å². The number of thiophene rings is 1. The van der Waals surface area contributed by atoms with Crippen LogP contribution in [0.4, 0.5) is 0 Å². The van der Waals surface area contributed by atoms with Gasteiger partial charge in [-0.3, -0.25) is 9.88 Å². The summed E-state index contributed by atoms with van der Waals surface area (Å²) in [6, 6.07) is 8.27. The number of likely N-dealkylation sites (N-methyl/N-ethyl adjacent to an activating group) is 1. The van der Waals surface area contributed by atoms with Gasteiger partial charge in [0.2, 0.25) is 10.8 Å². The van der Waals surface area contributed by atoms with Crippen molar-refractivity contribution in [1.82, 2.24) is 24.5 Å². The van der Waals surface area contributed by atoms with Crippen LogP contribution in [0.3, 0.4) is 0 Å². The van der Waals surface area contributed by atoms with Gasteiger partial charge in [0.25, 0.3) is 0 Å². The van der Waals surface area contributed by atoms with Crippen LogP contribution in [-0.4, -0.2) is 42.7 Å². The first kappa shape index (κ1) is 17.1. The monoisotopic (exact) mass is 385 g/mol. The molecule has 8 heteroatoms. The van der Waals surface area contributed by atoms with Crippen LogP contribution < -0.4 is 0 Å². The first-order valence-electron chi connectivity index (χ1n) is 8.45. The van der Waals surface area contributed by atoms with E-state index < -0.39 is 0 Å². The lowest BCUT2D eigenvalue weighted by Crippen LogP contribution is -2.30. The summed E-state index contributed by atoms with van der Waals surface area (Å²) in [5.41, 5.74) is 1.26. The van der Waals surface area contributed by atoms with Crippen molar-refractivity contribution >= 4 is 27.6 Å². The molecule has 0 spiro atoms. The Balaban J connectivity index is 1.68. The van der Waals surface area contributed by atoms with E-state index in [1.54, 1.807) is 11.3 Å². The van der Waals surface area contributed by atoms with E-state index in [1.165, 1.54) is 32.6 Å². The maximum absolute atomic E-state index is 10.7. The normalized spacial score (nSPS) is 12.8. The van der Waals surface area contributed by atoms with E-state index in [-0.39, 0.29) is 11.9 Å². The molecule has 0 fully saturated rings. The first-order valence-corrected chi connectivity index (χ1v) is 10.1. The van der Waals surface area contributed by atoms with Crippen LogP contribution in [0.25, 0.3) is 4.96 Å². The largest absolute Gasteiger partial charge is 0.492 e. The Hall–Kier alpha value is -2.29. The quantitative estimate of drug-likeness (QED) is 0.526. The zero-order chi connectivity index (χ0) is 17.9. The van der Waals surface area contributed by atoms with E-state index in [0.717, 1.165) is 24.4 Å². The second kappa shape index (κ2) is 7.53. The van der Waals surface area contributed by atoms with Gasteiger partial charge in [-0.1, -0.05) is 24.3 Å². The molecule has 0 aliphatic heterocycles. The third-order valence-corrected chi connectivity index (χ3v) is 6.42. The van der Waals surface area contributed by atoms with Crippen LogP contribution in [0, 0.1) is 0 Å². The van der Waals surface area contributed by atoms with Gasteiger partial charge in [-0.25, -0.2) is 4.98 Å². The summed E-state index contributed by atoms with van der Waals surface area (Å²) in [5, 5.41) is 16.9. The van der Waals surface area contributed by atoms with Crippen molar-refractivity contribution in [2.45, 2.75) is 19.4 Å². The molecular weight excluding hydrogens is 366 g/mol. The predicted molar refractivity (Wildman–Crippen MR) is 104 cm³/mol. The van der Waals surface area contributed by atoms with E-state index in [1.807, 2.05) is 12.4 Å². The van der Waals surface area contributed by atoms with E-state index in [0.29, 0.717) is 4.96 Å². The molecule has 1 N–H and O–H groups in total. The molecule has 0 saturated heterocycles. The summed E-state index contributed by atoms with van der Waals surface area (Å²) in [7, 11) is 0. The van der Waals surface area contributed by atoms with Crippen LogP contribution in [0.15, 0.2) is 48.4 Å². The molecule has 26 heavy (non-hydrogen) atoms. The highest BCUT2D eigenvalue weighted by Gasteiger charge is 2.29. The number of hydrogen-bond acceptors (Lipinski definition) is 7. The van der Waals surface area contributed by atoms with Crippen molar-refractivity contribution in [3.63, 3.8) is 0 Å². The summed E-state index contributed by atoms with van der Waals surface area (Å²) in [4.78, 5) is 13.5. The smallest absolute Gasteiger partial charge is 0.230 e. The molecule has 0 aliphatic rings. The van der Waals surface area contributed by atoms with Gasteiger partial charge in [0, 0.05) is 23.8 Å². The molecule has 4 aromatic heterocycles. The number of hydrogen-bond donors (Lipinski definition) is 1. The lowest BCUT2D eigenvalue weighted by Gasteiger charge is -2.29. The van der Waals surface area contributed by atoms with Gasteiger partial charge in [0.15, 0.2) is 0 Å². The van der Waals surface area contributed by atoms with Crippen molar-refractivity contribution in [1.29, 1.82) is 0 Å². The third kappa shape index (κ3) is 3.23. The second-order valence-electron chi connectivity index (χ2n) is 5.90. The Labute approximate surface area is 159 Å². The van der Waals surface area contributed by atoms with Crippen molar-refractivity contribution in [3.8, 4) is 5.88 Å². The van der Waals surface area contributed by atoms with E-state index in [2.05, 4.69) is 56.5 Å². The minimum absolute atomic E-state index is 0.00432. The number of rotatable bonds is 7. The van der Waals surface area contributed by atoms with Crippen LogP contribution in [0.1, 0.15) is 28.3 Å². The minimum atomic E-state index is -0.00432. The maximum atomic E-state index is 10.7. The van der Waals surface area contributed by atoms with Crippen molar-refractivity contribution < 1.29 is 5.11 Å². The number of aromatic nitrogens is 4. The molecule has 0 amide bonds. The number of aromatic hydroxyl groups is 1. The summed E-state index contributed by atoms with van der Waals surface area (Å²) in [5.74, 6) is 0.184. The Bertz CT molecular complexity index is 964. The number of pyridine rings is 1. The van der Waals surface area contributed by atoms with Crippen LogP contribution >= 0.6 is 22.7 Å². The highest BCUT2D eigenvalue weighted by molar-refractivity contribution is 7.17. The molecule has 4 heterocycles. The summed E-state index contributed by atoms with van der Waals surface area (Å²) < 4.78 is 1.51. The zero-order valence-corrected chi connectivity index (χ0v) is 16.0. The summed E-state index contributed by atoms with van der Waals surface area (Å²) in [6.07, 6.45) is 6.05. The van der Waals surface area contributed by atoms with Gasteiger partial charge >= 0.3 is 0 Å². The minimum Gasteiger partial charge on any atom is -0.492 e. The third-order valence-electron chi connectivity index (χ3n) is 4.41. The highest BCUT2D eigenvalue weighted by Crippen LogP contribution is 2.41. The molecule has 6 nitrogen and oxygen atoms in total. The molecular formula is C18H19N5OS2. The molecule has 1 atom stereocenters. The fourth-order valence-corrected chi connectivity index (χ4v) is 5.11. The zero-order valence-electron chi connectivity index (χ0n) is 14.3. The summed E-state index contributed by atoms with van der Waals surface area (Å²) >= 11 is 3.20. The molecule has 0 aromatic carbocycles. The van der Waals surface area contributed by atoms with E-state index in [4.69, 9.17) is 0 Å². The molecule has 4 rings (SSSR count). The van der Waals surface area contributed by atoms with Crippen LogP contribution in [0.2, 0.25) is 0 Å². The first-order chi connectivity index (χ1) is 12.8. The number of nitrogens with zero attached hydrogens (tertiary/aromatic N) is 5. The number of fused-ring (bicyclic) bond motifs is 1. The van der Waals surface area contributed by atoms with Crippen molar-refractivity contribution in [2.75, 3.05) is 13.1 Å². The predicted octanol–water partition coefficient (Wildman–Crippen LogP) is 3.61. The average Bonchev–Trinajstić information content (AvgIpc) is 3.40. The molecule has 0 saturated carbocycles. The Morgan fingerprint density at radius 1 is 1.27 bits per heavy atom. The van der Waals surface area contributed by atoms with Gasteiger partial charge in [0.1, 0.15) is 6.33 Å². The second-order valence-corrected chi connectivity index (χ2v) is 7.88. The molecule has 134 valence electrons. The maximum Gasteiger partial charge on any atom is 0.230 e. The lowest BCUT2D eigenvalue weighted by atomic mass is 10.1. The topological polar surface area (TPSA) is 66.6 Å². The van der Waals surface area contributed by atoms with Gasteiger partial charge in [-0.2, -0.15) is 9.61 Å². The van der Waals surface area contributed by atoms with Crippen molar-refractivity contribution in [3.05, 3.63) is 63.7 Å². The molecule has 4 aromatic rings. The lowest BCUT2D eigenvalue weighted by molar-refractivity contribution is 0.241. The molecule has 1 unspecified atom stereocenters. The van der Waals surface area contributed by atoms with Gasteiger partial charge in [-0.15, -0.1) is 11.3 Å². The van der Waals surface area contributed by atoms with Crippen molar-refractivity contribution in [2.24, 2.45) is 0 Å². The van der Waals surface area contributed by atoms with Crippen LogP contribution in [-0.2, 0) is 6.42 Å².